The van der Waals surface area contributed by atoms with Crippen molar-refractivity contribution in [2.24, 2.45) is 5.92 Å². The number of amides is 5. The predicted octanol–water partition coefficient (Wildman–Crippen LogP) is 0.748. The summed E-state index contributed by atoms with van der Waals surface area (Å²) in [6.45, 7) is 3.79. The number of aliphatic hydroxyl groups is 1. The van der Waals surface area contributed by atoms with Crippen LogP contribution >= 0.6 is 0 Å². The summed E-state index contributed by atoms with van der Waals surface area (Å²) in [5.41, 5.74) is 1.61. The molecule has 4 N–H and O–H groups in total. The van der Waals surface area contributed by atoms with Gasteiger partial charge in [0.15, 0.2) is 6.61 Å². The number of rotatable bonds is 7. The zero-order valence-electron chi connectivity index (χ0n) is 28.1. The zero-order chi connectivity index (χ0) is 34.9. The van der Waals surface area contributed by atoms with Crippen LogP contribution in [0.2, 0.25) is 0 Å². The molecule has 2 aromatic carbocycles. The summed E-state index contributed by atoms with van der Waals surface area (Å²) in [4.78, 5) is 70.6. The Morgan fingerprint density at radius 2 is 1.73 bits per heavy atom. The normalized spacial score (nSPS) is 25.5. The Balaban J connectivity index is 1.48. The fourth-order valence-corrected chi connectivity index (χ4v) is 6.51. The summed E-state index contributed by atoms with van der Waals surface area (Å²) >= 11 is 0. The average Bonchev–Trinajstić information content (AvgIpc) is 3.78. The van der Waals surface area contributed by atoms with Gasteiger partial charge < -0.3 is 40.3 Å². The second-order valence-electron chi connectivity index (χ2n) is 13.4. The van der Waals surface area contributed by atoms with Gasteiger partial charge in [-0.15, -0.1) is 0 Å². The lowest BCUT2D eigenvalue weighted by molar-refractivity contribution is -0.141. The van der Waals surface area contributed by atoms with Crippen molar-refractivity contribution in [2.75, 3.05) is 46.0 Å². The van der Waals surface area contributed by atoms with Gasteiger partial charge in [-0.1, -0.05) is 56.3 Å². The van der Waals surface area contributed by atoms with Crippen LogP contribution in [0.5, 0.6) is 5.75 Å². The van der Waals surface area contributed by atoms with Crippen LogP contribution in [0.15, 0.2) is 54.6 Å². The molecule has 0 aromatic heterocycles. The molecule has 3 aliphatic rings. The molecule has 49 heavy (non-hydrogen) atoms. The molecule has 0 radical (unpaired) electrons. The Labute approximate surface area is 286 Å². The first-order valence-electron chi connectivity index (χ1n) is 17.1. The molecule has 2 saturated heterocycles. The van der Waals surface area contributed by atoms with Crippen LogP contribution in [0.3, 0.4) is 0 Å². The van der Waals surface area contributed by atoms with E-state index >= 15 is 0 Å². The fraction of sp³-hybridized carbons (Fsp3) is 0.528. The molecule has 5 atom stereocenters. The van der Waals surface area contributed by atoms with Gasteiger partial charge >= 0.3 is 0 Å². The summed E-state index contributed by atoms with van der Waals surface area (Å²) < 4.78 is 11.5. The highest BCUT2D eigenvalue weighted by atomic mass is 16.5. The van der Waals surface area contributed by atoms with Gasteiger partial charge in [-0.2, -0.15) is 0 Å². The van der Waals surface area contributed by atoms with Crippen molar-refractivity contribution < 1.29 is 38.6 Å². The van der Waals surface area contributed by atoms with Crippen LogP contribution in [0, 0.1) is 5.92 Å². The maximum Gasteiger partial charge on any atom is 0.258 e. The molecule has 2 bridgehead atoms. The van der Waals surface area contributed by atoms with Gasteiger partial charge in [-0.25, -0.2) is 0 Å². The van der Waals surface area contributed by atoms with Crippen molar-refractivity contribution >= 4 is 29.5 Å². The summed E-state index contributed by atoms with van der Waals surface area (Å²) in [5, 5.41) is 18.6. The molecule has 3 heterocycles. The molecule has 0 spiro atoms. The predicted molar refractivity (Wildman–Crippen MR) is 179 cm³/mol. The molecule has 13 nitrogen and oxygen atoms in total. The second kappa shape index (κ2) is 16.8. The Morgan fingerprint density at radius 3 is 2.45 bits per heavy atom. The topological polar surface area (TPSA) is 167 Å². The van der Waals surface area contributed by atoms with Gasteiger partial charge in [0, 0.05) is 38.6 Å². The molecule has 5 rings (SSSR count). The van der Waals surface area contributed by atoms with Gasteiger partial charge in [-0.05, 0) is 48.4 Å². The minimum Gasteiger partial charge on any atom is -0.484 e. The Morgan fingerprint density at radius 1 is 0.959 bits per heavy atom. The van der Waals surface area contributed by atoms with E-state index in [9.17, 15) is 29.1 Å². The molecule has 13 heteroatoms. The van der Waals surface area contributed by atoms with Crippen molar-refractivity contribution in [3.63, 3.8) is 0 Å². The Kier molecular flexibility index (Phi) is 12.2. The minimum absolute atomic E-state index is 0.125. The first kappa shape index (κ1) is 35.8. The standard InChI is InChI=1S/C36H47N5O8/c1-23(2)13-14-40-20-32(43)37-28(16-24-8-4-3-5-9-24)34(45)39-29-19-41(36(47)31-12-7-15-48-31)18-27(29)25-10-6-11-26(17-25)49-22-33(44)38-30(21-42)35(40)46/h3-6,8-11,17,23,27-31,42H,7,12-16,18-22H2,1-2H3,(H,37,43)(H,38,44)(H,39,45)/t27-,28-,29+,30-,31+/m0/s1. The average molecular weight is 678 g/mol. The number of nitrogens with one attached hydrogen (secondary N) is 3. The number of benzene rings is 2. The zero-order valence-corrected chi connectivity index (χ0v) is 28.1. The summed E-state index contributed by atoms with van der Waals surface area (Å²) in [5.74, 6) is -2.07. The summed E-state index contributed by atoms with van der Waals surface area (Å²) in [6.07, 6.45) is 1.69. The molecule has 0 unspecified atom stereocenters. The van der Waals surface area contributed by atoms with Crippen LogP contribution < -0.4 is 20.7 Å². The maximum atomic E-state index is 14.1. The number of carbonyl (C=O) groups excluding carboxylic acids is 5. The van der Waals surface area contributed by atoms with Crippen molar-refractivity contribution in [2.45, 2.75) is 69.7 Å². The molecule has 2 aromatic rings. The lowest BCUT2D eigenvalue weighted by Gasteiger charge is -2.29. The molecule has 0 aliphatic carbocycles. The number of nitrogens with zero attached hydrogens (tertiary/aromatic N) is 2. The summed E-state index contributed by atoms with van der Waals surface area (Å²) in [6, 6.07) is 13.6. The van der Waals surface area contributed by atoms with Crippen LogP contribution in [-0.4, -0.2) is 115 Å². The van der Waals surface area contributed by atoms with Gasteiger partial charge in [0.05, 0.1) is 19.2 Å². The van der Waals surface area contributed by atoms with Crippen LogP contribution in [-0.2, 0) is 35.1 Å². The third-order valence-electron chi connectivity index (χ3n) is 9.19. The number of hydrogen-bond donors (Lipinski definition) is 4. The number of hydrogen-bond acceptors (Lipinski definition) is 8. The quantitative estimate of drug-likeness (QED) is 0.333. The van der Waals surface area contributed by atoms with Gasteiger partial charge in [0.2, 0.25) is 17.7 Å². The molecular weight excluding hydrogens is 630 g/mol. The number of ether oxygens (including phenoxy) is 2. The van der Waals surface area contributed by atoms with Crippen molar-refractivity contribution in [1.82, 2.24) is 25.8 Å². The van der Waals surface area contributed by atoms with Crippen molar-refractivity contribution in [3.05, 3.63) is 65.7 Å². The van der Waals surface area contributed by atoms with Gasteiger partial charge in [0.1, 0.15) is 23.9 Å². The van der Waals surface area contributed by atoms with Crippen LogP contribution in [0.1, 0.15) is 50.2 Å². The molecule has 3 aliphatic heterocycles. The van der Waals surface area contributed by atoms with E-state index in [4.69, 9.17) is 9.47 Å². The molecule has 2 fully saturated rings. The highest BCUT2D eigenvalue weighted by molar-refractivity contribution is 5.93. The third-order valence-corrected chi connectivity index (χ3v) is 9.19. The second-order valence-corrected chi connectivity index (χ2v) is 13.4. The third kappa shape index (κ3) is 9.57. The van der Waals surface area contributed by atoms with E-state index in [0.29, 0.717) is 31.7 Å². The Bertz CT molecular complexity index is 1480. The monoisotopic (exact) mass is 677 g/mol. The molecule has 5 amide bonds. The first-order valence-corrected chi connectivity index (χ1v) is 17.1. The van der Waals surface area contributed by atoms with E-state index in [1.807, 2.05) is 50.2 Å². The lowest BCUT2D eigenvalue weighted by atomic mass is 9.93. The fourth-order valence-electron chi connectivity index (χ4n) is 6.51. The number of aliphatic hydroxyl groups excluding tert-OH is 1. The maximum absolute atomic E-state index is 14.1. The van der Waals surface area contributed by atoms with Gasteiger partial charge in [-0.3, -0.25) is 24.0 Å². The number of likely N-dealkylation sites (tertiary alicyclic amines) is 1. The molecule has 264 valence electrons. The molecule has 0 saturated carbocycles. The lowest BCUT2D eigenvalue weighted by Crippen LogP contribution is -2.56. The smallest absolute Gasteiger partial charge is 0.258 e. The SMILES string of the molecule is CC(C)CCN1CC(=O)N[C@@H](Cc2ccccc2)C(=O)N[C@@H]2CN(C(=O)[C@H]3CCCO3)C[C@H]2c2cccc(c2)OCC(=O)N[C@@H](CO)C1=O. The van der Waals surface area contributed by atoms with E-state index < -0.39 is 61.1 Å². The number of carbonyl (C=O) groups is 5. The first-order chi connectivity index (χ1) is 23.6. The van der Waals surface area contributed by atoms with Crippen molar-refractivity contribution in [1.29, 1.82) is 0 Å². The Hall–Kier alpha value is -4.49. The largest absolute Gasteiger partial charge is 0.484 e. The highest BCUT2D eigenvalue weighted by Crippen LogP contribution is 2.31. The van der Waals surface area contributed by atoms with E-state index in [0.717, 1.165) is 17.5 Å². The van der Waals surface area contributed by atoms with E-state index in [1.165, 1.54) is 4.90 Å². The number of fused-ring (bicyclic) bond motifs is 4. The van der Waals surface area contributed by atoms with Crippen LogP contribution in [0.25, 0.3) is 0 Å². The summed E-state index contributed by atoms with van der Waals surface area (Å²) in [7, 11) is 0. The van der Waals surface area contributed by atoms with Crippen LogP contribution in [0.4, 0.5) is 0 Å². The van der Waals surface area contributed by atoms with E-state index in [2.05, 4.69) is 16.0 Å². The van der Waals surface area contributed by atoms with Crippen molar-refractivity contribution in [3.8, 4) is 5.75 Å². The minimum atomic E-state index is -1.30. The van der Waals surface area contributed by atoms with E-state index in [-0.39, 0.29) is 43.8 Å². The molecular formula is C36H47N5O8. The highest BCUT2D eigenvalue weighted by Gasteiger charge is 2.41. The van der Waals surface area contributed by atoms with Gasteiger partial charge in [0.25, 0.3) is 11.8 Å². The van der Waals surface area contributed by atoms with E-state index in [1.54, 1.807) is 23.1 Å².